The van der Waals surface area contributed by atoms with Gasteiger partial charge in [-0.25, -0.2) is 4.79 Å². The largest absolute Gasteiger partial charge is 0.481 e. The molecule has 3 aromatic rings. The maximum atomic E-state index is 13.8. The van der Waals surface area contributed by atoms with Crippen molar-refractivity contribution in [2.24, 2.45) is 5.92 Å². The number of carboxylic acid groups (broad SMARTS) is 1. The lowest BCUT2D eigenvalue weighted by atomic mass is 9.98. The molecule has 8 heteroatoms. The van der Waals surface area contributed by atoms with E-state index in [0.29, 0.717) is 12.5 Å². The van der Waals surface area contributed by atoms with E-state index in [0.717, 1.165) is 40.7 Å². The summed E-state index contributed by atoms with van der Waals surface area (Å²) in [4.78, 5) is 39.8. The average molecular weight is 557 g/mol. The molecular weight excluding hydrogens is 520 g/mol. The third kappa shape index (κ3) is 7.13. The van der Waals surface area contributed by atoms with Crippen molar-refractivity contribution in [2.75, 3.05) is 19.7 Å². The highest BCUT2D eigenvalue weighted by Crippen LogP contribution is 2.44. The Morgan fingerprint density at radius 3 is 2.15 bits per heavy atom. The van der Waals surface area contributed by atoms with Crippen LogP contribution in [0.25, 0.3) is 11.1 Å². The lowest BCUT2D eigenvalue weighted by Crippen LogP contribution is -2.55. The summed E-state index contributed by atoms with van der Waals surface area (Å²) in [6, 6.07) is 24.7. The summed E-state index contributed by atoms with van der Waals surface area (Å²) in [6.45, 7) is 2.64. The van der Waals surface area contributed by atoms with E-state index in [1.807, 2.05) is 66.7 Å². The highest BCUT2D eigenvalue weighted by atomic mass is 16.5. The van der Waals surface area contributed by atoms with Gasteiger partial charge in [0.15, 0.2) is 0 Å². The third-order valence-electron chi connectivity index (χ3n) is 7.79. The lowest BCUT2D eigenvalue weighted by molar-refractivity contribution is -0.140. The van der Waals surface area contributed by atoms with Crippen molar-refractivity contribution < 1.29 is 29.0 Å². The minimum Gasteiger partial charge on any atom is -0.481 e. The molecule has 1 saturated carbocycles. The highest BCUT2D eigenvalue weighted by molar-refractivity contribution is 5.87. The van der Waals surface area contributed by atoms with Crippen LogP contribution in [0, 0.1) is 5.92 Å². The van der Waals surface area contributed by atoms with Crippen LogP contribution < -0.4 is 5.32 Å². The second kappa shape index (κ2) is 13.0. The van der Waals surface area contributed by atoms with Crippen molar-refractivity contribution in [3.8, 4) is 11.1 Å². The highest BCUT2D eigenvalue weighted by Gasteiger charge is 2.36. The van der Waals surface area contributed by atoms with Crippen LogP contribution in [-0.4, -0.2) is 59.8 Å². The Kier molecular flexibility index (Phi) is 8.99. The van der Waals surface area contributed by atoms with Gasteiger partial charge in [0.25, 0.3) is 0 Å². The molecule has 5 rings (SSSR count). The van der Waals surface area contributed by atoms with Gasteiger partial charge in [0.2, 0.25) is 5.91 Å². The predicted molar refractivity (Wildman–Crippen MR) is 154 cm³/mol. The van der Waals surface area contributed by atoms with Gasteiger partial charge in [-0.3, -0.25) is 9.59 Å². The number of amides is 2. The first-order chi connectivity index (χ1) is 19.9. The van der Waals surface area contributed by atoms with Crippen LogP contribution >= 0.6 is 0 Å². The monoisotopic (exact) mass is 556 g/mol. The Labute approximate surface area is 240 Å². The van der Waals surface area contributed by atoms with Gasteiger partial charge >= 0.3 is 12.1 Å². The Hall–Kier alpha value is -4.17. The number of hydrogen-bond donors (Lipinski definition) is 2. The molecule has 2 aliphatic rings. The van der Waals surface area contributed by atoms with Crippen LogP contribution in [0.15, 0.2) is 78.9 Å². The van der Waals surface area contributed by atoms with E-state index in [-0.39, 0.29) is 38.0 Å². The Morgan fingerprint density at radius 1 is 0.927 bits per heavy atom. The second-order valence-corrected chi connectivity index (χ2v) is 10.8. The van der Waals surface area contributed by atoms with Gasteiger partial charge in [0, 0.05) is 19.0 Å². The standard InChI is InChI=1S/C33H36N2O6/c1-22(40-20-24-9-3-2-4-10-24)31(32(38)35(18-17-30(36)37)19-23-15-16-23)34-33(39)41-21-29-27-13-7-5-11-25(27)26-12-6-8-14-28(26)29/h2-14,22-23,29,31H,15-21H2,1H3,(H,34,39)(H,36,37)/t22-,31+/m0/s1. The van der Waals surface area contributed by atoms with Gasteiger partial charge in [-0.15, -0.1) is 0 Å². The fourth-order valence-corrected chi connectivity index (χ4v) is 5.38. The molecular formula is C33H36N2O6. The molecule has 0 bridgehead atoms. The number of nitrogens with one attached hydrogen (secondary N) is 1. The van der Waals surface area contributed by atoms with Crippen molar-refractivity contribution in [3.63, 3.8) is 0 Å². The minimum atomic E-state index is -1.04. The van der Waals surface area contributed by atoms with Crippen LogP contribution in [0.1, 0.15) is 48.8 Å². The normalized spacial score (nSPS) is 15.3. The molecule has 0 unspecified atom stereocenters. The fraction of sp³-hybridized carbons (Fsp3) is 0.364. The van der Waals surface area contributed by atoms with E-state index < -0.39 is 24.2 Å². The predicted octanol–water partition coefficient (Wildman–Crippen LogP) is 5.21. The summed E-state index contributed by atoms with van der Waals surface area (Å²) in [5.41, 5.74) is 5.38. The summed E-state index contributed by atoms with van der Waals surface area (Å²) >= 11 is 0. The maximum Gasteiger partial charge on any atom is 0.407 e. The molecule has 0 saturated heterocycles. The van der Waals surface area contributed by atoms with Gasteiger partial charge in [-0.2, -0.15) is 0 Å². The molecule has 214 valence electrons. The molecule has 41 heavy (non-hydrogen) atoms. The SMILES string of the molecule is C[C@H](OCc1ccccc1)[C@@H](NC(=O)OCC1c2ccccc2-c2ccccc21)C(=O)N(CCC(=O)O)CC1CC1. The number of fused-ring (bicyclic) bond motifs is 3. The Bertz CT molecular complexity index is 1330. The lowest BCUT2D eigenvalue weighted by Gasteiger charge is -2.31. The van der Waals surface area contributed by atoms with Crippen LogP contribution in [0.2, 0.25) is 0 Å². The van der Waals surface area contributed by atoms with Crippen LogP contribution in [0.3, 0.4) is 0 Å². The summed E-state index contributed by atoms with van der Waals surface area (Å²) in [7, 11) is 0. The van der Waals surface area contributed by atoms with Crippen LogP contribution in [-0.2, 0) is 25.7 Å². The average Bonchev–Trinajstić information content (AvgIpc) is 3.76. The maximum absolute atomic E-state index is 13.8. The molecule has 0 heterocycles. The van der Waals surface area contributed by atoms with Gasteiger partial charge in [-0.05, 0) is 53.5 Å². The van der Waals surface area contributed by atoms with Gasteiger partial charge < -0.3 is 24.8 Å². The van der Waals surface area contributed by atoms with Crippen LogP contribution in [0.4, 0.5) is 4.79 Å². The number of alkyl carbamates (subject to hydrolysis) is 1. The fourth-order valence-electron chi connectivity index (χ4n) is 5.38. The van der Waals surface area contributed by atoms with Gasteiger partial charge in [0.1, 0.15) is 12.6 Å². The number of carboxylic acids is 1. The topological polar surface area (TPSA) is 105 Å². The number of benzene rings is 3. The van der Waals surface area contributed by atoms with Crippen molar-refractivity contribution >= 4 is 18.0 Å². The van der Waals surface area contributed by atoms with Crippen molar-refractivity contribution in [1.82, 2.24) is 10.2 Å². The zero-order valence-corrected chi connectivity index (χ0v) is 23.2. The van der Waals surface area contributed by atoms with E-state index in [4.69, 9.17) is 9.47 Å². The molecule has 8 nitrogen and oxygen atoms in total. The summed E-state index contributed by atoms with van der Waals surface area (Å²) < 4.78 is 11.8. The van der Waals surface area contributed by atoms with Crippen molar-refractivity contribution in [1.29, 1.82) is 0 Å². The van der Waals surface area contributed by atoms with E-state index in [1.165, 1.54) is 0 Å². The first-order valence-electron chi connectivity index (χ1n) is 14.2. The number of carbonyl (C=O) groups is 3. The molecule has 0 aromatic heterocycles. The molecule has 2 amide bonds. The zero-order valence-electron chi connectivity index (χ0n) is 23.2. The zero-order chi connectivity index (χ0) is 28.8. The smallest absolute Gasteiger partial charge is 0.407 e. The Balaban J connectivity index is 1.29. The number of carbonyl (C=O) groups excluding carboxylic acids is 2. The van der Waals surface area contributed by atoms with Crippen molar-refractivity contribution in [2.45, 2.75) is 50.9 Å². The summed E-state index contributed by atoms with van der Waals surface area (Å²) in [5, 5.41) is 12.0. The number of hydrogen-bond acceptors (Lipinski definition) is 5. The molecule has 2 aliphatic carbocycles. The number of nitrogens with zero attached hydrogens (tertiary/aromatic N) is 1. The van der Waals surface area contributed by atoms with E-state index in [2.05, 4.69) is 17.4 Å². The van der Waals surface area contributed by atoms with E-state index >= 15 is 0 Å². The second-order valence-electron chi connectivity index (χ2n) is 10.8. The molecule has 2 atom stereocenters. The molecule has 3 aromatic carbocycles. The minimum absolute atomic E-state index is 0.0684. The molecule has 0 radical (unpaired) electrons. The summed E-state index contributed by atoms with van der Waals surface area (Å²) in [5.74, 6) is -1.11. The molecule has 2 N–H and O–H groups in total. The summed E-state index contributed by atoms with van der Waals surface area (Å²) in [6.07, 6.45) is 0.428. The van der Waals surface area contributed by atoms with E-state index in [9.17, 15) is 19.5 Å². The first kappa shape index (κ1) is 28.4. The third-order valence-corrected chi connectivity index (χ3v) is 7.79. The Morgan fingerprint density at radius 2 is 1.54 bits per heavy atom. The number of rotatable bonds is 13. The van der Waals surface area contributed by atoms with Crippen molar-refractivity contribution in [3.05, 3.63) is 95.6 Å². The quantitative estimate of drug-likeness (QED) is 0.299. The molecule has 0 spiro atoms. The number of aliphatic carboxylic acids is 1. The van der Waals surface area contributed by atoms with E-state index in [1.54, 1.807) is 11.8 Å². The molecule has 1 fully saturated rings. The molecule has 0 aliphatic heterocycles. The van der Waals surface area contributed by atoms with Gasteiger partial charge in [0.05, 0.1) is 19.1 Å². The first-order valence-corrected chi connectivity index (χ1v) is 14.2. The number of ether oxygens (including phenoxy) is 2. The van der Waals surface area contributed by atoms with Crippen LogP contribution in [0.5, 0.6) is 0 Å². The van der Waals surface area contributed by atoms with Gasteiger partial charge in [-0.1, -0.05) is 78.9 Å².